The van der Waals surface area contributed by atoms with Gasteiger partial charge in [0.2, 0.25) is 10.0 Å². The molecule has 4 nitrogen and oxygen atoms in total. The molecular weight excluding hydrogens is 389 g/mol. The van der Waals surface area contributed by atoms with Crippen LogP contribution in [0.25, 0.3) is 0 Å². The first-order chi connectivity index (χ1) is 12.9. The molecule has 2 aromatic rings. The van der Waals surface area contributed by atoms with E-state index in [1.807, 2.05) is 18.2 Å². The molecule has 1 saturated carbocycles. The van der Waals surface area contributed by atoms with Crippen molar-refractivity contribution in [1.29, 1.82) is 0 Å². The normalized spacial score (nSPS) is 16.4. The third kappa shape index (κ3) is 4.13. The molecule has 2 aliphatic rings. The lowest BCUT2D eigenvalue weighted by Crippen LogP contribution is -2.35. The van der Waals surface area contributed by atoms with Crippen LogP contribution in [0.2, 0.25) is 5.02 Å². The number of halogens is 2. The van der Waals surface area contributed by atoms with Gasteiger partial charge in [-0.2, -0.15) is 4.31 Å². The molecule has 0 spiro atoms. The van der Waals surface area contributed by atoms with E-state index in [2.05, 4.69) is 0 Å². The van der Waals surface area contributed by atoms with Crippen molar-refractivity contribution in [2.75, 3.05) is 12.4 Å². The zero-order valence-corrected chi connectivity index (χ0v) is 16.4. The molecule has 1 fully saturated rings. The first kappa shape index (κ1) is 18.7. The summed E-state index contributed by atoms with van der Waals surface area (Å²) in [5.41, 5.74) is 2.34. The summed E-state index contributed by atoms with van der Waals surface area (Å²) in [6.45, 7) is 0.659. The standard InChI is InChI=1S/C20H21ClFNO3S/c21-18-2-1-3-19(22)17(18)13-23(16-5-6-16)27(24,25)11-9-14-4-7-20-15(12-14)8-10-26-20/h1-4,7,12,16H,5-6,8-11,13H2. The number of ether oxygens (including phenoxy) is 1. The zero-order chi connectivity index (χ0) is 19.0. The average molecular weight is 410 g/mol. The summed E-state index contributed by atoms with van der Waals surface area (Å²) in [5.74, 6) is 0.409. The number of hydrogen-bond donors (Lipinski definition) is 0. The van der Waals surface area contributed by atoms with E-state index >= 15 is 0 Å². The van der Waals surface area contributed by atoms with Crippen LogP contribution in [-0.4, -0.2) is 31.1 Å². The highest BCUT2D eigenvalue weighted by molar-refractivity contribution is 7.89. The van der Waals surface area contributed by atoms with Crippen LogP contribution >= 0.6 is 11.6 Å². The zero-order valence-electron chi connectivity index (χ0n) is 14.8. The molecule has 2 aromatic carbocycles. The molecule has 0 atom stereocenters. The van der Waals surface area contributed by atoms with E-state index in [9.17, 15) is 12.8 Å². The second-order valence-corrected chi connectivity index (χ2v) is 9.53. The Bertz CT molecular complexity index is 939. The quantitative estimate of drug-likeness (QED) is 0.695. The minimum absolute atomic E-state index is 0.00475. The van der Waals surface area contributed by atoms with Crippen LogP contribution in [0.1, 0.15) is 29.5 Å². The number of benzene rings is 2. The molecule has 0 saturated heterocycles. The van der Waals surface area contributed by atoms with E-state index in [0.717, 1.165) is 36.1 Å². The van der Waals surface area contributed by atoms with Gasteiger partial charge in [0.15, 0.2) is 0 Å². The molecule has 1 heterocycles. The highest BCUT2D eigenvalue weighted by Crippen LogP contribution is 2.33. The van der Waals surface area contributed by atoms with Crippen LogP contribution in [-0.2, 0) is 29.4 Å². The second kappa shape index (κ2) is 7.41. The minimum atomic E-state index is -3.53. The van der Waals surface area contributed by atoms with Crippen LogP contribution < -0.4 is 4.74 Å². The molecule has 1 aliphatic carbocycles. The van der Waals surface area contributed by atoms with Gasteiger partial charge in [-0.05, 0) is 48.6 Å². The highest BCUT2D eigenvalue weighted by Gasteiger charge is 2.37. The second-order valence-electron chi connectivity index (χ2n) is 7.08. The molecule has 0 amide bonds. The molecule has 0 radical (unpaired) electrons. The third-order valence-electron chi connectivity index (χ3n) is 5.09. The Balaban J connectivity index is 1.50. The van der Waals surface area contributed by atoms with E-state index in [1.165, 1.54) is 16.4 Å². The topological polar surface area (TPSA) is 46.6 Å². The number of hydrogen-bond acceptors (Lipinski definition) is 3. The highest BCUT2D eigenvalue weighted by atomic mass is 35.5. The van der Waals surface area contributed by atoms with Crippen molar-refractivity contribution >= 4 is 21.6 Å². The van der Waals surface area contributed by atoms with Gasteiger partial charge in [-0.3, -0.25) is 0 Å². The SMILES string of the molecule is O=S(=O)(CCc1ccc2c(c1)CCO2)N(Cc1c(F)cccc1Cl)C1CC1. The molecule has 27 heavy (non-hydrogen) atoms. The lowest BCUT2D eigenvalue weighted by molar-refractivity contribution is 0.357. The Hall–Kier alpha value is -1.63. The number of sulfonamides is 1. The van der Waals surface area contributed by atoms with Gasteiger partial charge in [0.25, 0.3) is 0 Å². The molecular formula is C20H21ClFNO3S. The summed E-state index contributed by atoms with van der Waals surface area (Å²) in [4.78, 5) is 0. The fourth-order valence-corrected chi connectivity index (χ4v) is 5.36. The Labute approximate surface area is 163 Å². The minimum Gasteiger partial charge on any atom is -0.493 e. The van der Waals surface area contributed by atoms with Gasteiger partial charge in [0.05, 0.1) is 12.4 Å². The summed E-state index contributed by atoms with van der Waals surface area (Å²) in [7, 11) is -3.53. The van der Waals surface area contributed by atoms with E-state index < -0.39 is 15.8 Å². The summed E-state index contributed by atoms with van der Waals surface area (Å²) in [6, 6.07) is 10.2. The summed E-state index contributed by atoms with van der Waals surface area (Å²) < 4.78 is 47.0. The summed E-state index contributed by atoms with van der Waals surface area (Å²) >= 11 is 6.10. The van der Waals surface area contributed by atoms with Crippen LogP contribution in [0, 0.1) is 5.82 Å². The van der Waals surface area contributed by atoms with Gasteiger partial charge >= 0.3 is 0 Å². The first-order valence-electron chi connectivity index (χ1n) is 9.11. The smallest absolute Gasteiger partial charge is 0.214 e. The van der Waals surface area contributed by atoms with Crippen molar-refractivity contribution in [1.82, 2.24) is 4.31 Å². The van der Waals surface area contributed by atoms with Crippen molar-refractivity contribution in [2.45, 2.75) is 38.3 Å². The number of rotatable bonds is 7. The Morgan fingerprint density at radius 1 is 1.22 bits per heavy atom. The fraction of sp³-hybridized carbons (Fsp3) is 0.400. The molecule has 0 unspecified atom stereocenters. The van der Waals surface area contributed by atoms with Crippen LogP contribution in [0.15, 0.2) is 36.4 Å². The lowest BCUT2D eigenvalue weighted by atomic mass is 10.1. The fourth-order valence-electron chi connectivity index (χ4n) is 3.42. The van der Waals surface area contributed by atoms with Crippen LogP contribution in [0.3, 0.4) is 0 Å². The van der Waals surface area contributed by atoms with Gasteiger partial charge in [0.1, 0.15) is 11.6 Å². The summed E-state index contributed by atoms with van der Waals surface area (Å²) in [5, 5.41) is 0.259. The molecule has 1 aliphatic heterocycles. The number of aryl methyl sites for hydroxylation is 1. The Kier molecular flexibility index (Phi) is 5.14. The maximum Gasteiger partial charge on any atom is 0.214 e. The molecule has 7 heteroatoms. The van der Waals surface area contributed by atoms with Gasteiger partial charge < -0.3 is 4.74 Å². The van der Waals surface area contributed by atoms with Gasteiger partial charge in [-0.1, -0.05) is 29.8 Å². The third-order valence-corrected chi connectivity index (χ3v) is 7.31. The van der Waals surface area contributed by atoms with E-state index in [1.54, 1.807) is 6.07 Å². The Morgan fingerprint density at radius 2 is 2.04 bits per heavy atom. The molecule has 4 rings (SSSR count). The predicted molar refractivity (Wildman–Crippen MR) is 103 cm³/mol. The van der Waals surface area contributed by atoms with Gasteiger partial charge in [-0.15, -0.1) is 0 Å². The van der Waals surface area contributed by atoms with Gasteiger partial charge in [-0.25, -0.2) is 12.8 Å². The lowest BCUT2D eigenvalue weighted by Gasteiger charge is -2.23. The van der Waals surface area contributed by atoms with Crippen LogP contribution in [0.5, 0.6) is 5.75 Å². The Morgan fingerprint density at radius 3 is 2.78 bits per heavy atom. The predicted octanol–water partition coefficient (Wildman–Crippen LogP) is 3.95. The maximum atomic E-state index is 14.1. The summed E-state index contributed by atoms with van der Waals surface area (Å²) in [6.07, 6.45) is 2.89. The van der Waals surface area contributed by atoms with Crippen molar-refractivity contribution in [3.8, 4) is 5.75 Å². The van der Waals surface area contributed by atoms with E-state index in [-0.39, 0.29) is 28.9 Å². The van der Waals surface area contributed by atoms with E-state index in [0.29, 0.717) is 13.0 Å². The van der Waals surface area contributed by atoms with E-state index in [4.69, 9.17) is 16.3 Å². The molecule has 144 valence electrons. The van der Waals surface area contributed by atoms with Gasteiger partial charge in [0, 0.05) is 29.6 Å². The van der Waals surface area contributed by atoms with Crippen molar-refractivity contribution in [3.63, 3.8) is 0 Å². The van der Waals surface area contributed by atoms with Crippen molar-refractivity contribution < 1.29 is 17.5 Å². The van der Waals surface area contributed by atoms with Crippen molar-refractivity contribution in [2.24, 2.45) is 0 Å². The maximum absolute atomic E-state index is 14.1. The largest absolute Gasteiger partial charge is 0.493 e. The van der Waals surface area contributed by atoms with Crippen molar-refractivity contribution in [3.05, 3.63) is 63.9 Å². The van der Waals surface area contributed by atoms with Crippen LogP contribution in [0.4, 0.5) is 4.39 Å². The number of nitrogens with zero attached hydrogens (tertiary/aromatic N) is 1. The monoisotopic (exact) mass is 409 g/mol. The number of fused-ring (bicyclic) bond motifs is 1. The average Bonchev–Trinajstić information content (AvgIpc) is 3.35. The molecule has 0 N–H and O–H groups in total. The molecule has 0 bridgehead atoms. The first-order valence-corrected chi connectivity index (χ1v) is 11.1. The molecule has 0 aromatic heterocycles.